The lowest BCUT2D eigenvalue weighted by Gasteiger charge is -2.25. The van der Waals surface area contributed by atoms with E-state index in [1.165, 1.54) is 38.5 Å². The van der Waals surface area contributed by atoms with Crippen LogP contribution in [0.1, 0.15) is 30.7 Å². The van der Waals surface area contributed by atoms with E-state index in [1.54, 1.807) is 0 Å². The van der Waals surface area contributed by atoms with E-state index in [-0.39, 0.29) is 5.41 Å². The van der Waals surface area contributed by atoms with Gasteiger partial charge in [-0.15, -0.1) is 0 Å². The summed E-state index contributed by atoms with van der Waals surface area (Å²) < 4.78 is 2.30. The average Bonchev–Trinajstić information content (AvgIpc) is 3.23. The number of rotatable bonds is 4. The van der Waals surface area contributed by atoms with Gasteiger partial charge in [-0.25, -0.2) is 4.98 Å². The number of benzene rings is 3. The Bertz CT molecular complexity index is 1680. The fourth-order valence-electron chi connectivity index (χ4n) is 5.06. The molecule has 0 saturated heterocycles. The largest absolute Gasteiger partial charge is 0.294 e. The van der Waals surface area contributed by atoms with E-state index in [0.29, 0.717) is 0 Å². The fourth-order valence-corrected chi connectivity index (χ4v) is 5.06. The number of hydrogen-bond acceptors (Lipinski definition) is 2. The van der Waals surface area contributed by atoms with Crippen LogP contribution in [-0.2, 0) is 5.41 Å². The summed E-state index contributed by atoms with van der Waals surface area (Å²) in [5.74, 6) is 0.973. The van der Waals surface area contributed by atoms with Crippen molar-refractivity contribution < 1.29 is 0 Å². The van der Waals surface area contributed by atoms with Crippen molar-refractivity contribution >= 4 is 21.8 Å². The number of aromatic nitrogens is 3. The van der Waals surface area contributed by atoms with Gasteiger partial charge in [0.25, 0.3) is 0 Å². The molecule has 0 saturated carbocycles. The first-order chi connectivity index (χ1) is 17.0. The highest BCUT2D eigenvalue weighted by Gasteiger charge is 2.25. The molecule has 0 amide bonds. The van der Waals surface area contributed by atoms with E-state index < -0.39 is 0 Å². The van der Waals surface area contributed by atoms with Crippen LogP contribution in [0, 0.1) is 6.92 Å². The van der Waals surface area contributed by atoms with Crippen molar-refractivity contribution in [2.75, 3.05) is 0 Å². The van der Waals surface area contributed by atoms with E-state index in [1.807, 2.05) is 24.5 Å². The predicted octanol–water partition coefficient (Wildman–Crippen LogP) is 7.88. The molecule has 0 N–H and O–H groups in total. The van der Waals surface area contributed by atoms with Crippen molar-refractivity contribution in [2.24, 2.45) is 0 Å². The minimum atomic E-state index is -0.193. The Balaban J connectivity index is 1.55. The number of nitrogens with zero attached hydrogens (tertiary/aromatic N) is 3. The topological polar surface area (TPSA) is 30.7 Å². The fraction of sp³-hybridized carbons (Fsp3) is 0.125. The molecule has 3 aromatic heterocycles. The van der Waals surface area contributed by atoms with Gasteiger partial charge >= 0.3 is 0 Å². The number of hydrogen-bond donors (Lipinski definition) is 0. The number of pyridine rings is 2. The molecular weight excluding hydrogens is 426 g/mol. The predicted molar refractivity (Wildman–Crippen MR) is 145 cm³/mol. The molecule has 0 aliphatic carbocycles. The number of para-hydroxylation sites is 1. The van der Waals surface area contributed by atoms with Crippen LogP contribution >= 0.6 is 0 Å². The van der Waals surface area contributed by atoms with Crippen molar-refractivity contribution in [1.82, 2.24) is 14.5 Å². The molecule has 6 aromatic rings. The SMILES string of the molecule is Cc1cccnc1-n1c2ccccc2c2ccc(-c3cccc(C(C)(C)c4ccccn4)c3)cc21. The Morgan fingerprint density at radius 2 is 1.40 bits per heavy atom. The quantitative estimate of drug-likeness (QED) is 0.272. The molecule has 3 aromatic carbocycles. The van der Waals surface area contributed by atoms with Gasteiger partial charge in [0.2, 0.25) is 0 Å². The molecule has 3 heteroatoms. The second-order valence-corrected chi connectivity index (χ2v) is 9.65. The Hall–Kier alpha value is -4.24. The molecule has 0 bridgehead atoms. The molecule has 170 valence electrons. The Morgan fingerprint density at radius 1 is 0.629 bits per heavy atom. The second kappa shape index (κ2) is 8.21. The van der Waals surface area contributed by atoms with Gasteiger partial charge in [0, 0.05) is 28.6 Å². The van der Waals surface area contributed by atoms with Crippen LogP contribution in [0.3, 0.4) is 0 Å². The number of aryl methyl sites for hydroxylation is 1. The highest BCUT2D eigenvalue weighted by Crippen LogP contribution is 2.37. The third-order valence-electron chi connectivity index (χ3n) is 7.09. The maximum Gasteiger partial charge on any atom is 0.140 e. The third kappa shape index (κ3) is 3.52. The van der Waals surface area contributed by atoms with Crippen molar-refractivity contribution in [2.45, 2.75) is 26.2 Å². The van der Waals surface area contributed by atoms with E-state index in [4.69, 9.17) is 4.98 Å². The molecule has 0 atom stereocenters. The van der Waals surface area contributed by atoms with Gasteiger partial charge in [-0.3, -0.25) is 9.55 Å². The van der Waals surface area contributed by atoms with Crippen molar-refractivity contribution in [1.29, 1.82) is 0 Å². The standard InChI is InChI=1S/C32H27N3/c1-22-10-9-19-34-31(22)35-28-14-5-4-13-26(28)27-17-16-24(21-29(27)35)23-11-8-12-25(20-23)32(2,3)30-15-6-7-18-33-30/h4-21H,1-3H3. The maximum absolute atomic E-state index is 4.76. The molecule has 0 radical (unpaired) electrons. The summed E-state index contributed by atoms with van der Waals surface area (Å²) in [6.07, 6.45) is 3.74. The molecule has 6 rings (SSSR count). The first-order valence-corrected chi connectivity index (χ1v) is 12.0. The zero-order valence-electron chi connectivity index (χ0n) is 20.2. The molecule has 0 fully saturated rings. The lowest BCUT2D eigenvalue weighted by atomic mass is 9.80. The van der Waals surface area contributed by atoms with Crippen molar-refractivity contribution in [3.8, 4) is 16.9 Å². The normalized spacial score (nSPS) is 11.9. The van der Waals surface area contributed by atoms with Gasteiger partial charge in [0.1, 0.15) is 5.82 Å². The summed E-state index contributed by atoms with van der Waals surface area (Å²) in [5, 5.41) is 2.48. The molecule has 35 heavy (non-hydrogen) atoms. The van der Waals surface area contributed by atoms with Gasteiger partial charge in [-0.2, -0.15) is 0 Å². The third-order valence-corrected chi connectivity index (χ3v) is 7.09. The molecule has 3 nitrogen and oxygen atoms in total. The molecule has 3 heterocycles. The van der Waals surface area contributed by atoms with Crippen LogP contribution in [0.25, 0.3) is 38.8 Å². The highest BCUT2D eigenvalue weighted by molar-refractivity contribution is 6.10. The van der Waals surface area contributed by atoms with E-state index in [9.17, 15) is 0 Å². The van der Waals surface area contributed by atoms with Crippen LogP contribution in [0.2, 0.25) is 0 Å². The van der Waals surface area contributed by atoms with Gasteiger partial charge in [-0.05, 0) is 59.5 Å². The van der Waals surface area contributed by atoms with Crippen LogP contribution in [0.4, 0.5) is 0 Å². The summed E-state index contributed by atoms with van der Waals surface area (Å²) in [7, 11) is 0. The summed E-state index contributed by atoms with van der Waals surface area (Å²) in [6, 6.07) is 34.4. The van der Waals surface area contributed by atoms with Crippen LogP contribution in [-0.4, -0.2) is 14.5 Å². The lowest BCUT2D eigenvalue weighted by Crippen LogP contribution is -2.20. The number of fused-ring (bicyclic) bond motifs is 3. The van der Waals surface area contributed by atoms with E-state index in [2.05, 4.69) is 115 Å². The van der Waals surface area contributed by atoms with Gasteiger partial charge < -0.3 is 0 Å². The first kappa shape index (κ1) is 21.3. The molecular formula is C32H27N3. The summed E-state index contributed by atoms with van der Waals surface area (Å²) >= 11 is 0. The Kier molecular flexibility index (Phi) is 5.00. The minimum Gasteiger partial charge on any atom is -0.294 e. The van der Waals surface area contributed by atoms with Gasteiger partial charge in [0.05, 0.1) is 16.7 Å². The highest BCUT2D eigenvalue weighted by atomic mass is 15.1. The zero-order valence-corrected chi connectivity index (χ0v) is 20.2. The summed E-state index contributed by atoms with van der Waals surface area (Å²) in [6.45, 7) is 6.59. The van der Waals surface area contributed by atoms with Crippen molar-refractivity contribution in [3.05, 3.63) is 126 Å². The van der Waals surface area contributed by atoms with Crippen LogP contribution in [0.5, 0.6) is 0 Å². The maximum atomic E-state index is 4.76. The average molecular weight is 454 g/mol. The Morgan fingerprint density at radius 3 is 2.23 bits per heavy atom. The molecule has 0 unspecified atom stereocenters. The zero-order chi connectivity index (χ0) is 24.0. The van der Waals surface area contributed by atoms with Crippen molar-refractivity contribution in [3.63, 3.8) is 0 Å². The summed E-state index contributed by atoms with van der Waals surface area (Å²) in [5.41, 5.74) is 8.00. The Labute approximate surface area is 205 Å². The minimum absolute atomic E-state index is 0.193. The van der Waals surface area contributed by atoms with Gasteiger partial charge in [-0.1, -0.05) is 80.6 Å². The lowest BCUT2D eigenvalue weighted by molar-refractivity contribution is 0.617. The molecule has 0 aliphatic heterocycles. The first-order valence-electron chi connectivity index (χ1n) is 12.0. The second-order valence-electron chi connectivity index (χ2n) is 9.65. The van der Waals surface area contributed by atoms with Crippen LogP contribution < -0.4 is 0 Å². The summed E-state index contributed by atoms with van der Waals surface area (Å²) in [4.78, 5) is 9.40. The van der Waals surface area contributed by atoms with Gasteiger partial charge in [0.15, 0.2) is 0 Å². The monoisotopic (exact) mass is 453 g/mol. The van der Waals surface area contributed by atoms with E-state index in [0.717, 1.165) is 17.1 Å². The van der Waals surface area contributed by atoms with E-state index >= 15 is 0 Å². The van der Waals surface area contributed by atoms with Crippen LogP contribution in [0.15, 0.2) is 109 Å². The molecule has 0 aliphatic rings. The smallest absolute Gasteiger partial charge is 0.140 e. The molecule has 0 spiro atoms.